The molecule has 0 amide bonds. The molecule has 0 spiro atoms. The SMILES string of the molecule is CCCC(C)O[P+]([S-])([S-])OC(C)CCC.[Na+]. The first kappa shape index (κ1) is 20.4. The van der Waals surface area contributed by atoms with E-state index in [1.54, 1.807) is 0 Å². The average molecular weight is 292 g/mol. The van der Waals surface area contributed by atoms with Gasteiger partial charge < -0.3 is 24.5 Å². The van der Waals surface area contributed by atoms with Crippen molar-refractivity contribution in [1.29, 1.82) is 0 Å². The van der Waals surface area contributed by atoms with Crippen LogP contribution in [0.25, 0.3) is 0 Å². The first-order valence-corrected chi connectivity index (χ1v) is 9.24. The van der Waals surface area contributed by atoms with Crippen molar-refractivity contribution >= 4 is 30.6 Å². The Balaban J connectivity index is 0. The molecule has 0 aromatic carbocycles. The molecule has 0 aliphatic carbocycles. The molecule has 2 nitrogen and oxygen atoms in total. The topological polar surface area (TPSA) is 18.5 Å². The van der Waals surface area contributed by atoms with E-state index < -0.39 is 6.12 Å². The molecule has 0 heterocycles. The van der Waals surface area contributed by atoms with Crippen LogP contribution < -0.4 is 29.6 Å². The van der Waals surface area contributed by atoms with Crippen molar-refractivity contribution < 1.29 is 38.6 Å². The summed E-state index contributed by atoms with van der Waals surface area (Å²) in [5, 5.41) is 0. The Hall–Kier alpha value is 2.05. The van der Waals surface area contributed by atoms with Gasteiger partial charge in [0.2, 0.25) is 0 Å². The van der Waals surface area contributed by atoms with Gasteiger partial charge in [-0.3, -0.25) is 0 Å². The average Bonchev–Trinajstić information content (AvgIpc) is 2.01. The molecule has 16 heavy (non-hydrogen) atoms. The van der Waals surface area contributed by atoms with Crippen LogP contribution in [0.5, 0.6) is 0 Å². The van der Waals surface area contributed by atoms with Gasteiger partial charge in [0, 0.05) is 6.12 Å². The van der Waals surface area contributed by atoms with Gasteiger partial charge in [-0.25, -0.2) is 9.05 Å². The van der Waals surface area contributed by atoms with Gasteiger partial charge in [0.15, 0.2) is 0 Å². The largest absolute Gasteiger partial charge is 1.00 e. The smallest absolute Gasteiger partial charge is 0.515 e. The maximum absolute atomic E-state index is 5.61. The summed E-state index contributed by atoms with van der Waals surface area (Å²) < 4.78 is 11.2. The molecule has 0 N–H and O–H groups in total. The fourth-order valence-electron chi connectivity index (χ4n) is 1.38. The summed E-state index contributed by atoms with van der Waals surface area (Å²) in [6, 6.07) is 0. The fourth-order valence-corrected chi connectivity index (χ4v) is 4.29. The minimum absolute atomic E-state index is 0. The van der Waals surface area contributed by atoms with Crippen LogP contribution in [0.2, 0.25) is 0 Å². The monoisotopic (exact) mass is 292 g/mol. The van der Waals surface area contributed by atoms with E-state index in [0.29, 0.717) is 0 Å². The second-order valence-corrected chi connectivity index (χ2v) is 8.75. The summed E-state index contributed by atoms with van der Waals surface area (Å²) in [4.78, 5) is 0. The summed E-state index contributed by atoms with van der Waals surface area (Å²) >= 11 is 10.4. The van der Waals surface area contributed by atoms with Gasteiger partial charge in [-0.05, 0) is 26.7 Å². The van der Waals surface area contributed by atoms with Gasteiger partial charge in [-0.2, -0.15) is 0 Å². The number of hydrogen-bond donors (Lipinski definition) is 0. The first-order chi connectivity index (χ1) is 6.91. The molecular weight excluding hydrogens is 270 g/mol. The zero-order valence-corrected chi connectivity index (χ0v) is 15.6. The van der Waals surface area contributed by atoms with E-state index in [9.17, 15) is 0 Å². The van der Waals surface area contributed by atoms with E-state index in [1.807, 2.05) is 13.8 Å². The third-order valence-electron chi connectivity index (χ3n) is 2.01. The van der Waals surface area contributed by atoms with Gasteiger partial charge in [-0.15, -0.1) is 0 Å². The molecular formula is C10H22NaO2PS2. The molecule has 0 bridgehead atoms. The second kappa shape index (κ2) is 10.9. The van der Waals surface area contributed by atoms with Crippen LogP contribution in [0.1, 0.15) is 53.4 Å². The summed E-state index contributed by atoms with van der Waals surface area (Å²) in [5.41, 5.74) is 0. The summed E-state index contributed by atoms with van der Waals surface area (Å²) in [6.45, 7) is 8.25. The maximum Gasteiger partial charge on any atom is 1.00 e. The first-order valence-electron chi connectivity index (χ1n) is 5.59. The summed E-state index contributed by atoms with van der Waals surface area (Å²) in [5.74, 6) is 0. The van der Waals surface area contributed by atoms with Crippen molar-refractivity contribution in [3.05, 3.63) is 0 Å². The van der Waals surface area contributed by atoms with Crippen LogP contribution in [0.3, 0.4) is 0 Å². The molecule has 0 fully saturated rings. The normalized spacial score (nSPS) is 15.4. The summed E-state index contributed by atoms with van der Waals surface area (Å²) in [7, 11) is 0. The predicted octanol–water partition coefficient (Wildman–Crippen LogP) is 1.17. The Kier molecular flexibility index (Phi) is 13.9. The Morgan fingerprint density at radius 2 is 1.25 bits per heavy atom. The molecule has 0 aliphatic rings. The van der Waals surface area contributed by atoms with Crippen LogP contribution in [-0.2, 0) is 33.5 Å². The molecule has 6 heteroatoms. The molecule has 0 aliphatic heterocycles. The number of hydrogen-bond acceptors (Lipinski definition) is 4. The fraction of sp³-hybridized carbons (Fsp3) is 1.00. The molecule has 2 unspecified atom stereocenters. The van der Waals surface area contributed by atoms with E-state index >= 15 is 0 Å². The third kappa shape index (κ3) is 11.2. The second-order valence-electron chi connectivity index (χ2n) is 3.86. The third-order valence-corrected chi connectivity index (χ3v) is 4.28. The number of rotatable bonds is 8. The predicted molar refractivity (Wildman–Crippen MR) is 72.6 cm³/mol. The standard InChI is InChI=1S/C10H23O2PS2.Na/c1-5-7-9(3)11-13(14,15)12-10(4)8-6-2;/h9-10H,5-8H2,1-4H3,(H,14,15);/q;+1/p-1. The van der Waals surface area contributed by atoms with Gasteiger partial charge in [0.05, 0.1) is 12.2 Å². The zero-order valence-electron chi connectivity index (χ0n) is 11.1. The van der Waals surface area contributed by atoms with Crippen LogP contribution in [0.15, 0.2) is 0 Å². The van der Waals surface area contributed by atoms with Crippen molar-refractivity contribution in [2.45, 2.75) is 65.6 Å². The molecule has 0 saturated heterocycles. The molecule has 0 aromatic heterocycles. The van der Waals surface area contributed by atoms with Crippen molar-refractivity contribution in [2.24, 2.45) is 0 Å². The van der Waals surface area contributed by atoms with Crippen molar-refractivity contribution in [2.75, 3.05) is 0 Å². The van der Waals surface area contributed by atoms with Gasteiger partial charge in [-0.1, -0.05) is 26.7 Å². The van der Waals surface area contributed by atoms with Crippen LogP contribution in [0, 0.1) is 0 Å². The summed E-state index contributed by atoms with van der Waals surface area (Å²) in [6.07, 6.45) is 1.92. The van der Waals surface area contributed by atoms with Crippen molar-refractivity contribution in [3.63, 3.8) is 0 Å². The van der Waals surface area contributed by atoms with Gasteiger partial charge in [0.1, 0.15) is 0 Å². The Bertz CT molecular complexity index is 157. The van der Waals surface area contributed by atoms with E-state index in [1.165, 1.54) is 0 Å². The Morgan fingerprint density at radius 1 is 0.938 bits per heavy atom. The molecule has 0 saturated carbocycles. The molecule has 0 radical (unpaired) electrons. The molecule has 0 rings (SSSR count). The quantitative estimate of drug-likeness (QED) is 0.380. The maximum atomic E-state index is 5.61. The minimum Gasteiger partial charge on any atom is -0.515 e. The van der Waals surface area contributed by atoms with Gasteiger partial charge in [0.25, 0.3) is 0 Å². The van der Waals surface area contributed by atoms with E-state index in [-0.39, 0.29) is 41.8 Å². The molecule has 0 aromatic rings. The molecule has 92 valence electrons. The Morgan fingerprint density at radius 3 is 1.50 bits per heavy atom. The van der Waals surface area contributed by atoms with Crippen LogP contribution >= 0.6 is 6.12 Å². The van der Waals surface area contributed by atoms with E-state index in [2.05, 4.69) is 13.8 Å². The minimum atomic E-state index is -2.45. The Labute approximate surface area is 134 Å². The molecule has 2 atom stereocenters. The van der Waals surface area contributed by atoms with Gasteiger partial charge >= 0.3 is 29.6 Å². The van der Waals surface area contributed by atoms with E-state index in [4.69, 9.17) is 33.5 Å². The zero-order chi connectivity index (χ0) is 11.9. The van der Waals surface area contributed by atoms with Crippen LogP contribution in [0.4, 0.5) is 0 Å². The van der Waals surface area contributed by atoms with E-state index in [0.717, 1.165) is 25.7 Å². The van der Waals surface area contributed by atoms with Crippen LogP contribution in [-0.4, -0.2) is 12.2 Å². The van der Waals surface area contributed by atoms with Crippen molar-refractivity contribution in [3.8, 4) is 0 Å². The van der Waals surface area contributed by atoms with Crippen molar-refractivity contribution in [1.82, 2.24) is 0 Å².